The molecule has 2 aromatic carbocycles. The van der Waals surface area contributed by atoms with Crippen LogP contribution >= 0.6 is 11.8 Å². The van der Waals surface area contributed by atoms with Gasteiger partial charge in [0.1, 0.15) is 0 Å². The molecule has 0 aliphatic heterocycles. The van der Waals surface area contributed by atoms with Crippen LogP contribution in [0, 0.1) is 6.92 Å². The molecule has 1 amide bonds. The van der Waals surface area contributed by atoms with Gasteiger partial charge < -0.3 is 9.88 Å². The Hall–Kier alpha value is -2.62. The minimum Gasteiger partial charge on any atom is -0.325 e. The van der Waals surface area contributed by atoms with E-state index in [9.17, 15) is 13.2 Å². The van der Waals surface area contributed by atoms with Crippen LogP contribution in [0.3, 0.4) is 0 Å². The van der Waals surface area contributed by atoms with E-state index in [4.69, 9.17) is 0 Å². The molecule has 7 nitrogen and oxygen atoms in total. The number of aryl methyl sites for hydroxylation is 1. The zero-order valence-corrected chi connectivity index (χ0v) is 19.6. The van der Waals surface area contributed by atoms with Gasteiger partial charge in [-0.3, -0.25) is 4.79 Å². The molecule has 0 saturated carbocycles. The van der Waals surface area contributed by atoms with Gasteiger partial charge in [0.2, 0.25) is 15.9 Å². The standard InChI is InChI=1S/C22H26N4O3S2/c1-6-13-26-20-10-8-7-9-18(20)24-22(26)30-16(3)21(27)23-19-14-17(12-11-15(19)2)31(28,29)25(4)5/h6-12,14,16H,1,13H2,2-5H3,(H,23,27)/t16-/m0/s1. The van der Waals surface area contributed by atoms with Crippen LogP contribution in [0.25, 0.3) is 11.0 Å². The van der Waals surface area contributed by atoms with Crippen molar-refractivity contribution in [3.05, 3.63) is 60.7 Å². The fourth-order valence-electron chi connectivity index (χ4n) is 3.00. The van der Waals surface area contributed by atoms with Crippen LogP contribution in [0.15, 0.2) is 65.2 Å². The van der Waals surface area contributed by atoms with Gasteiger partial charge in [-0.1, -0.05) is 36.0 Å². The number of rotatable bonds is 8. The van der Waals surface area contributed by atoms with Gasteiger partial charge in [0.15, 0.2) is 5.16 Å². The normalized spacial score (nSPS) is 12.8. The fraction of sp³-hybridized carbons (Fsp3) is 0.273. The summed E-state index contributed by atoms with van der Waals surface area (Å²) in [7, 11) is -0.646. The Morgan fingerprint density at radius 1 is 1.29 bits per heavy atom. The van der Waals surface area contributed by atoms with E-state index in [1.165, 1.54) is 38.0 Å². The first-order valence-corrected chi connectivity index (χ1v) is 12.0. The molecular formula is C22H26N4O3S2. The van der Waals surface area contributed by atoms with Crippen LogP contribution in [0.4, 0.5) is 5.69 Å². The quantitative estimate of drug-likeness (QED) is 0.409. The van der Waals surface area contributed by atoms with Gasteiger partial charge in [0.05, 0.1) is 21.2 Å². The maximum Gasteiger partial charge on any atom is 0.242 e. The van der Waals surface area contributed by atoms with Gasteiger partial charge in [0.25, 0.3) is 0 Å². The Balaban J connectivity index is 1.83. The summed E-state index contributed by atoms with van der Waals surface area (Å²) >= 11 is 1.35. The summed E-state index contributed by atoms with van der Waals surface area (Å²) in [6, 6.07) is 12.5. The molecule has 31 heavy (non-hydrogen) atoms. The number of nitrogens with one attached hydrogen (secondary N) is 1. The summed E-state index contributed by atoms with van der Waals surface area (Å²) in [5.74, 6) is -0.232. The van der Waals surface area contributed by atoms with E-state index >= 15 is 0 Å². The number of amides is 1. The molecule has 0 saturated heterocycles. The predicted octanol–water partition coefficient (Wildman–Crippen LogP) is 3.90. The van der Waals surface area contributed by atoms with Crippen LogP contribution < -0.4 is 5.32 Å². The van der Waals surface area contributed by atoms with Crippen molar-refractivity contribution in [3.8, 4) is 0 Å². The number of aromatic nitrogens is 2. The molecule has 0 unspecified atom stereocenters. The Kier molecular flexibility index (Phi) is 6.88. The molecule has 0 bridgehead atoms. The Bertz CT molecular complexity index is 1230. The lowest BCUT2D eigenvalue weighted by atomic mass is 10.2. The zero-order chi connectivity index (χ0) is 22.8. The molecule has 1 aromatic heterocycles. The lowest BCUT2D eigenvalue weighted by molar-refractivity contribution is -0.115. The van der Waals surface area contributed by atoms with E-state index in [1.807, 2.05) is 35.8 Å². The van der Waals surface area contributed by atoms with E-state index in [0.29, 0.717) is 12.2 Å². The van der Waals surface area contributed by atoms with Gasteiger partial charge in [-0.2, -0.15) is 0 Å². The third kappa shape index (κ3) is 4.84. The lowest BCUT2D eigenvalue weighted by Gasteiger charge is -2.16. The van der Waals surface area contributed by atoms with Crippen molar-refractivity contribution in [2.75, 3.05) is 19.4 Å². The van der Waals surface area contributed by atoms with Crippen LogP contribution in [0.1, 0.15) is 12.5 Å². The van der Waals surface area contributed by atoms with Crippen molar-refractivity contribution >= 4 is 44.4 Å². The van der Waals surface area contributed by atoms with E-state index < -0.39 is 15.3 Å². The Morgan fingerprint density at radius 2 is 2.00 bits per heavy atom. The molecular weight excluding hydrogens is 432 g/mol. The summed E-state index contributed by atoms with van der Waals surface area (Å²) < 4.78 is 28.0. The largest absolute Gasteiger partial charge is 0.325 e. The number of benzene rings is 2. The van der Waals surface area contributed by atoms with Gasteiger partial charge in [-0.25, -0.2) is 17.7 Å². The fourth-order valence-corrected chi connectivity index (χ4v) is 4.86. The maximum absolute atomic E-state index is 12.9. The van der Waals surface area contributed by atoms with E-state index in [-0.39, 0.29) is 10.8 Å². The molecule has 0 aliphatic rings. The third-order valence-corrected chi connectivity index (χ3v) is 7.73. The number of carbonyl (C=O) groups excluding carboxylic acids is 1. The topological polar surface area (TPSA) is 84.3 Å². The van der Waals surface area contributed by atoms with E-state index in [1.54, 1.807) is 19.1 Å². The number of carbonyl (C=O) groups is 1. The second kappa shape index (κ2) is 9.25. The predicted molar refractivity (Wildman–Crippen MR) is 126 cm³/mol. The number of sulfonamides is 1. The average Bonchev–Trinajstić information content (AvgIpc) is 3.06. The number of nitrogens with zero attached hydrogens (tertiary/aromatic N) is 3. The molecule has 0 fully saturated rings. The van der Waals surface area contributed by atoms with E-state index in [2.05, 4.69) is 16.9 Å². The Labute approximate surface area is 187 Å². The number of allylic oxidation sites excluding steroid dienone is 1. The number of hydrogen-bond acceptors (Lipinski definition) is 5. The highest BCUT2D eigenvalue weighted by molar-refractivity contribution is 8.00. The van der Waals surface area contributed by atoms with Crippen molar-refractivity contribution in [2.45, 2.75) is 35.7 Å². The van der Waals surface area contributed by atoms with Crippen LogP contribution in [0.5, 0.6) is 0 Å². The first kappa shape index (κ1) is 23.1. The molecule has 9 heteroatoms. The maximum atomic E-state index is 12.9. The van der Waals surface area contributed by atoms with Gasteiger partial charge in [-0.05, 0) is 43.7 Å². The van der Waals surface area contributed by atoms with Crippen LogP contribution in [-0.4, -0.2) is 47.5 Å². The summed E-state index contributed by atoms with van der Waals surface area (Å²) in [6.45, 7) is 8.02. The first-order chi connectivity index (χ1) is 14.6. The number of para-hydroxylation sites is 2. The van der Waals surface area contributed by atoms with Crippen molar-refractivity contribution in [2.24, 2.45) is 0 Å². The van der Waals surface area contributed by atoms with Crippen molar-refractivity contribution in [1.29, 1.82) is 0 Å². The molecule has 0 radical (unpaired) electrons. The molecule has 1 heterocycles. The number of thioether (sulfide) groups is 1. The molecule has 1 atom stereocenters. The highest BCUT2D eigenvalue weighted by atomic mass is 32.2. The van der Waals surface area contributed by atoms with Gasteiger partial charge >= 0.3 is 0 Å². The molecule has 164 valence electrons. The van der Waals surface area contributed by atoms with Gasteiger partial charge in [-0.15, -0.1) is 6.58 Å². The summed E-state index contributed by atoms with van der Waals surface area (Å²) in [4.78, 5) is 17.7. The molecule has 3 aromatic rings. The summed E-state index contributed by atoms with van der Waals surface area (Å²) in [5, 5.41) is 3.14. The smallest absolute Gasteiger partial charge is 0.242 e. The summed E-state index contributed by atoms with van der Waals surface area (Å²) in [6.07, 6.45) is 1.79. The van der Waals surface area contributed by atoms with E-state index in [0.717, 1.165) is 26.1 Å². The average molecular weight is 459 g/mol. The number of anilines is 1. The van der Waals surface area contributed by atoms with Crippen LogP contribution in [-0.2, 0) is 21.4 Å². The molecule has 3 rings (SSSR count). The number of imidazole rings is 1. The summed E-state index contributed by atoms with van der Waals surface area (Å²) in [5.41, 5.74) is 3.09. The zero-order valence-electron chi connectivity index (χ0n) is 18.0. The minimum absolute atomic E-state index is 0.131. The SMILES string of the molecule is C=CCn1c(S[C@@H](C)C(=O)Nc2cc(S(=O)(=O)N(C)C)ccc2C)nc2ccccc21. The molecule has 0 aliphatic carbocycles. The first-order valence-electron chi connectivity index (χ1n) is 9.72. The number of fused-ring (bicyclic) bond motifs is 1. The minimum atomic E-state index is -3.59. The third-order valence-electron chi connectivity index (χ3n) is 4.83. The lowest BCUT2D eigenvalue weighted by Crippen LogP contribution is -2.25. The highest BCUT2D eigenvalue weighted by Gasteiger charge is 2.22. The highest BCUT2D eigenvalue weighted by Crippen LogP contribution is 2.29. The molecule has 0 spiro atoms. The second-order valence-electron chi connectivity index (χ2n) is 7.30. The van der Waals surface area contributed by atoms with Crippen molar-refractivity contribution in [1.82, 2.24) is 13.9 Å². The Morgan fingerprint density at radius 3 is 2.68 bits per heavy atom. The van der Waals surface area contributed by atoms with Crippen molar-refractivity contribution < 1.29 is 13.2 Å². The van der Waals surface area contributed by atoms with Crippen LogP contribution in [0.2, 0.25) is 0 Å². The second-order valence-corrected chi connectivity index (χ2v) is 10.8. The van der Waals surface area contributed by atoms with Gasteiger partial charge in [0, 0.05) is 26.3 Å². The molecule has 1 N–H and O–H groups in total. The monoisotopic (exact) mass is 458 g/mol. The number of hydrogen-bond donors (Lipinski definition) is 1. The van der Waals surface area contributed by atoms with Crippen molar-refractivity contribution in [3.63, 3.8) is 0 Å².